The fraction of sp³-hybridized carbons (Fsp3) is 1.00. The molecule has 4 heteroatoms. The molecule has 0 heterocycles. The molecule has 4 nitrogen and oxygen atoms in total. The summed E-state index contributed by atoms with van der Waals surface area (Å²) >= 11 is 0. The molecule has 0 rings (SSSR count). The van der Waals surface area contributed by atoms with Crippen LogP contribution in [0.5, 0.6) is 0 Å². The molecule has 0 aliphatic carbocycles. The maximum absolute atomic E-state index is 8.14. The molecule has 0 bridgehead atoms. The highest BCUT2D eigenvalue weighted by molar-refractivity contribution is 4.32. The molecule has 0 radical (unpaired) electrons. The van der Waals surface area contributed by atoms with Crippen molar-refractivity contribution < 1.29 is 10.2 Å². The molecule has 0 unspecified atom stereocenters. The highest BCUT2D eigenvalue weighted by Gasteiger charge is 1.81. The molecule has 9 heavy (non-hydrogen) atoms. The summed E-state index contributed by atoms with van der Waals surface area (Å²) in [6.07, 6.45) is 0. The molecule has 0 spiro atoms. The zero-order valence-electron chi connectivity index (χ0n) is 6.59. The Labute approximate surface area is 57.1 Å². The van der Waals surface area contributed by atoms with E-state index in [1.807, 2.05) is 13.8 Å². The molecule has 0 fully saturated rings. The van der Waals surface area contributed by atoms with E-state index in [4.69, 9.17) is 10.2 Å². The van der Waals surface area contributed by atoms with Crippen LogP contribution in [-0.4, -0.2) is 23.9 Å². The summed E-state index contributed by atoms with van der Waals surface area (Å²) in [7, 11) is 1.00. The third kappa shape index (κ3) is 79.0. The second-order valence-corrected chi connectivity index (χ2v) is 1.58. The van der Waals surface area contributed by atoms with Crippen molar-refractivity contribution in [3.05, 3.63) is 0 Å². The Hall–Kier alpha value is -0.160. The molecule has 0 amide bonds. The van der Waals surface area contributed by atoms with Crippen LogP contribution in [0.4, 0.5) is 0 Å². The average Bonchev–Trinajstić information content (AvgIpc) is 1.73. The average molecular weight is 140 g/mol. The number of hydrogen-bond donors (Lipinski definition) is 4. The molecule has 0 saturated carbocycles. The maximum Gasteiger partial charge on any atom is 0.0453 e. The van der Waals surface area contributed by atoms with Crippen LogP contribution in [0.15, 0.2) is 0 Å². The minimum atomic E-state index is 0. The van der Waals surface area contributed by atoms with Crippen LogP contribution < -0.4 is 12.3 Å². The maximum atomic E-state index is 8.14. The third-order valence-corrected chi connectivity index (χ3v) is 0.365. The number of aliphatic hydroxyl groups is 2. The lowest BCUT2D eigenvalue weighted by atomic mass is 10.2. The van der Waals surface area contributed by atoms with Gasteiger partial charge in [0.1, 0.15) is 0 Å². The van der Waals surface area contributed by atoms with Crippen molar-refractivity contribution >= 4 is 0 Å². The summed E-state index contributed by atoms with van der Waals surface area (Å²) in [4.78, 5) is 0. The van der Waals surface area contributed by atoms with Gasteiger partial charge >= 0.3 is 0 Å². The summed E-state index contributed by atoms with van der Waals surface area (Å²) in [5.41, 5.74) is 0. The van der Waals surface area contributed by atoms with Crippen molar-refractivity contribution in [2.45, 2.75) is 13.8 Å². The third-order valence-electron chi connectivity index (χ3n) is 0.365. The van der Waals surface area contributed by atoms with Gasteiger partial charge in [-0.1, -0.05) is 13.8 Å². The van der Waals surface area contributed by atoms with Crippen LogP contribution in [0.2, 0.25) is 0 Å². The number of rotatable bonds is 1. The van der Waals surface area contributed by atoms with Crippen molar-refractivity contribution in [3.8, 4) is 0 Å². The molecular weight excluding hydrogens is 120 g/mol. The SMILES string of the molecule is CC(C)CO.CO.N.N. The van der Waals surface area contributed by atoms with Gasteiger partial charge in [-0.15, -0.1) is 0 Å². The van der Waals surface area contributed by atoms with E-state index in [9.17, 15) is 0 Å². The second kappa shape index (κ2) is 24.9. The van der Waals surface area contributed by atoms with Gasteiger partial charge in [0.15, 0.2) is 0 Å². The Morgan fingerprint density at radius 1 is 1.11 bits per heavy atom. The van der Waals surface area contributed by atoms with Crippen LogP contribution in [0.3, 0.4) is 0 Å². The molecule has 0 aromatic carbocycles. The summed E-state index contributed by atoms with van der Waals surface area (Å²) in [5.74, 6) is 0.440. The number of hydrogen-bond acceptors (Lipinski definition) is 4. The van der Waals surface area contributed by atoms with E-state index in [0.29, 0.717) is 12.5 Å². The summed E-state index contributed by atoms with van der Waals surface area (Å²) in [6.45, 7) is 4.25. The zero-order chi connectivity index (χ0) is 6.28. The highest BCUT2D eigenvalue weighted by Crippen LogP contribution is 1.83. The molecule has 62 valence electrons. The van der Waals surface area contributed by atoms with Crippen molar-refractivity contribution in [3.63, 3.8) is 0 Å². The first kappa shape index (κ1) is 23.2. The van der Waals surface area contributed by atoms with Crippen molar-refractivity contribution in [1.29, 1.82) is 0 Å². The quantitative estimate of drug-likeness (QED) is 0.426. The monoisotopic (exact) mass is 140 g/mol. The van der Waals surface area contributed by atoms with Gasteiger partial charge < -0.3 is 22.5 Å². The minimum Gasteiger partial charge on any atom is -0.400 e. The van der Waals surface area contributed by atoms with Crippen LogP contribution >= 0.6 is 0 Å². The van der Waals surface area contributed by atoms with E-state index in [0.717, 1.165) is 7.11 Å². The Bertz CT molecular complexity index is 26.9. The van der Waals surface area contributed by atoms with E-state index < -0.39 is 0 Å². The smallest absolute Gasteiger partial charge is 0.0453 e. The molecule has 0 atom stereocenters. The lowest BCUT2D eigenvalue weighted by Crippen LogP contribution is -1.90. The van der Waals surface area contributed by atoms with E-state index >= 15 is 0 Å². The first-order valence-corrected chi connectivity index (χ1v) is 2.33. The number of aliphatic hydroxyl groups excluding tert-OH is 2. The lowest BCUT2D eigenvalue weighted by molar-refractivity contribution is 0.248. The van der Waals surface area contributed by atoms with E-state index in [-0.39, 0.29) is 12.3 Å². The normalized spacial score (nSPS) is 6.00. The fourth-order valence-corrected chi connectivity index (χ4v) is 0. The van der Waals surface area contributed by atoms with Gasteiger partial charge in [0.2, 0.25) is 0 Å². The van der Waals surface area contributed by atoms with Crippen LogP contribution in [-0.2, 0) is 0 Å². The largest absolute Gasteiger partial charge is 0.400 e. The summed E-state index contributed by atoms with van der Waals surface area (Å²) in [5, 5.41) is 15.1. The summed E-state index contributed by atoms with van der Waals surface area (Å²) in [6, 6.07) is 0. The predicted molar refractivity (Wildman–Crippen MR) is 40.1 cm³/mol. The Balaban J connectivity index is -0.0000000286. The van der Waals surface area contributed by atoms with Crippen LogP contribution in [0.25, 0.3) is 0 Å². The van der Waals surface area contributed by atoms with Crippen LogP contribution in [0.1, 0.15) is 13.8 Å². The summed E-state index contributed by atoms with van der Waals surface area (Å²) < 4.78 is 0. The molecular formula is C5H20N2O2. The first-order valence-electron chi connectivity index (χ1n) is 2.33. The van der Waals surface area contributed by atoms with Crippen molar-refractivity contribution in [1.82, 2.24) is 12.3 Å². The standard InChI is InChI=1S/C4H10O.CH4O.2H3N/c1-4(2)3-5;1-2;;/h4-5H,3H2,1-2H3;2H,1H3;2*1H3. The minimum absolute atomic E-state index is 0. The second-order valence-electron chi connectivity index (χ2n) is 1.58. The molecule has 0 aliphatic rings. The molecule has 0 aliphatic heterocycles. The van der Waals surface area contributed by atoms with Gasteiger partial charge in [-0.3, -0.25) is 0 Å². The van der Waals surface area contributed by atoms with Gasteiger partial charge in [0.05, 0.1) is 0 Å². The predicted octanol–water partition coefficient (Wildman–Crippen LogP) is 0.567. The first-order chi connectivity index (χ1) is 3.27. The van der Waals surface area contributed by atoms with Gasteiger partial charge in [0, 0.05) is 13.7 Å². The van der Waals surface area contributed by atoms with Gasteiger partial charge in [0.25, 0.3) is 0 Å². The highest BCUT2D eigenvalue weighted by atomic mass is 16.3. The van der Waals surface area contributed by atoms with Gasteiger partial charge in [-0.05, 0) is 5.92 Å². The van der Waals surface area contributed by atoms with Gasteiger partial charge in [-0.25, -0.2) is 0 Å². The van der Waals surface area contributed by atoms with Gasteiger partial charge in [-0.2, -0.15) is 0 Å². The Morgan fingerprint density at radius 2 is 1.22 bits per heavy atom. The Kier molecular flexibility index (Phi) is 64.1. The fourth-order valence-electron chi connectivity index (χ4n) is 0. The molecule has 8 N–H and O–H groups in total. The molecule has 0 saturated heterocycles. The van der Waals surface area contributed by atoms with Crippen molar-refractivity contribution in [2.75, 3.05) is 13.7 Å². The Morgan fingerprint density at radius 3 is 1.22 bits per heavy atom. The zero-order valence-corrected chi connectivity index (χ0v) is 6.59. The molecule has 0 aromatic rings. The molecule has 0 aromatic heterocycles. The van der Waals surface area contributed by atoms with E-state index in [1.165, 1.54) is 0 Å². The van der Waals surface area contributed by atoms with Crippen molar-refractivity contribution in [2.24, 2.45) is 5.92 Å². The van der Waals surface area contributed by atoms with E-state index in [1.54, 1.807) is 0 Å². The lowest BCUT2D eigenvalue weighted by Gasteiger charge is -1.90. The van der Waals surface area contributed by atoms with E-state index in [2.05, 4.69) is 0 Å². The topological polar surface area (TPSA) is 110 Å². The van der Waals surface area contributed by atoms with Crippen LogP contribution in [0, 0.1) is 5.92 Å².